The van der Waals surface area contributed by atoms with Gasteiger partial charge in [-0.25, -0.2) is 0 Å². The van der Waals surface area contributed by atoms with Crippen LogP contribution in [0, 0.1) is 5.92 Å². The highest BCUT2D eigenvalue weighted by molar-refractivity contribution is 5.97. The molecular weight excluding hydrogens is 354 g/mol. The van der Waals surface area contributed by atoms with Crippen molar-refractivity contribution in [2.45, 2.75) is 19.3 Å². The molecule has 1 fully saturated rings. The number of hydrogen-bond donors (Lipinski definition) is 2. The molecule has 0 aliphatic carbocycles. The first-order chi connectivity index (χ1) is 13.7. The number of amides is 2. The Balaban J connectivity index is 1.24. The van der Waals surface area contributed by atoms with Crippen molar-refractivity contribution < 1.29 is 14.3 Å². The van der Waals surface area contributed by atoms with E-state index in [2.05, 4.69) is 45.9 Å². The van der Waals surface area contributed by atoms with E-state index in [0.29, 0.717) is 29.6 Å². The summed E-state index contributed by atoms with van der Waals surface area (Å²) in [5, 5.41) is 5.67. The zero-order valence-electron chi connectivity index (χ0n) is 15.8. The number of anilines is 2. The maximum absolute atomic E-state index is 12.4. The van der Waals surface area contributed by atoms with Crippen LogP contribution in [-0.4, -0.2) is 43.0 Å². The summed E-state index contributed by atoms with van der Waals surface area (Å²) in [6.07, 6.45) is 3.36. The monoisotopic (exact) mass is 379 g/mol. The minimum atomic E-state index is -0.167. The molecule has 2 heterocycles. The van der Waals surface area contributed by atoms with E-state index in [0.717, 1.165) is 32.4 Å². The average molecular weight is 379 g/mol. The van der Waals surface area contributed by atoms with E-state index in [9.17, 15) is 9.59 Å². The molecule has 0 unspecified atom stereocenters. The van der Waals surface area contributed by atoms with Crippen LogP contribution in [0.4, 0.5) is 11.4 Å². The van der Waals surface area contributed by atoms with Crippen molar-refractivity contribution in [3.8, 4) is 5.75 Å². The van der Waals surface area contributed by atoms with Crippen LogP contribution in [0.2, 0.25) is 0 Å². The molecule has 0 saturated carbocycles. The Labute approximate surface area is 164 Å². The highest BCUT2D eigenvalue weighted by atomic mass is 16.5. The second-order valence-corrected chi connectivity index (χ2v) is 7.51. The molecule has 28 heavy (non-hydrogen) atoms. The molecule has 2 aromatic rings. The molecule has 0 bridgehead atoms. The van der Waals surface area contributed by atoms with Gasteiger partial charge < -0.3 is 15.4 Å². The number of likely N-dealkylation sites (tertiary alicyclic amines) is 1. The Morgan fingerprint density at radius 1 is 1.14 bits per heavy atom. The Morgan fingerprint density at radius 3 is 2.71 bits per heavy atom. The van der Waals surface area contributed by atoms with Gasteiger partial charge in [0.25, 0.3) is 5.91 Å². The van der Waals surface area contributed by atoms with Gasteiger partial charge in [0.05, 0.1) is 12.2 Å². The quantitative estimate of drug-likeness (QED) is 0.838. The molecule has 2 aromatic carbocycles. The van der Waals surface area contributed by atoms with Gasteiger partial charge in [-0.15, -0.1) is 0 Å². The van der Waals surface area contributed by atoms with Gasteiger partial charge in [0.2, 0.25) is 5.91 Å². The van der Waals surface area contributed by atoms with E-state index < -0.39 is 0 Å². The standard InChI is InChI=1S/C22H25N3O3/c26-21(23-18-6-7-19-20(13-18)28-15-22(27)24-19)14-25-10-8-17(9-11-25)12-16-4-2-1-3-5-16/h1-7,13,17H,8-12,14-15H2,(H,23,26)(H,24,27). The summed E-state index contributed by atoms with van der Waals surface area (Å²) in [4.78, 5) is 25.9. The van der Waals surface area contributed by atoms with Crippen molar-refractivity contribution >= 4 is 23.2 Å². The molecule has 2 amide bonds. The van der Waals surface area contributed by atoms with Gasteiger partial charge in [0.15, 0.2) is 6.61 Å². The minimum Gasteiger partial charge on any atom is -0.482 e. The fraction of sp³-hybridized carbons (Fsp3) is 0.364. The number of nitrogens with one attached hydrogen (secondary N) is 2. The second kappa shape index (κ2) is 8.44. The normalized spacial score (nSPS) is 17.4. The van der Waals surface area contributed by atoms with Crippen molar-refractivity contribution in [1.82, 2.24) is 4.90 Å². The lowest BCUT2D eigenvalue weighted by atomic mass is 9.90. The van der Waals surface area contributed by atoms with E-state index in [1.54, 1.807) is 18.2 Å². The molecule has 1 saturated heterocycles. The van der Waals surface area contributed by atoms with Crippen molar-refractivity contribution in [3.63, 3.8) is 0 Å². The first-order valence-electron chi connectivity index (χ1n) is 9.78. The summed E-state index contributed by atoms with van der Waals surface area (Å²) in [6.45, 7) is 2.30. The van der Waals surface area contributed by atoms with Gasteiger partial charge in [0, 0.05) is 11.8 Å². The summed E-state index contributed by atoms with van der Waals surface area (Å²) >= 11 is 0. The second-order valence-electron chi connectivity index (χ2n) is 7.51. The smallest absolute Gasteiger partial charge is 0.262 e. The van der Waals surface area contributed by atoms with E-state index >= 15 is 0 Å². The fourth-order valence-corrected chi connectivity index (χ4v) is 3.85. The molecule has 0 radical (unpaired) electrons. The third-order valence-electron chi connectivity index (χ3n) is 5.34. The number of piperidine rings is 1. The van der Waals surface area contributed by atoms with Crippen LogP contribution in [0.3, 0.4) is 0 Å². The topological polar surface area (TPSA) is 70.7 Å². The summed E-state index contributed by atoms with van der Waals surface area (Å²) < 4.78 is 5.39. The number of rotatable bonds is 5. The SMILES string of the molecule is O=C(CN1CCC(Cc2ccccc2)CC1)Nc1ccc2c(c1)OCC(=O)N2. The number of carbonyl (C=O) groups is 2. The number of benzene rings is 2. The molecule has 6 heteroatoms. The average Bonchev–Trinajstić information content (AvgIpc) is 2.70. The molecule has 4 rings (SSSR count). The van der Waals surface area contributed by atoms with Crippen molar-refractivity contribution in [3.05, 3.63) is 54.1 Å². The van der Waals surface area contributed by atoms with Gasteiger partial charge in [-0.2, -0.15) is 0 Å². The Bertz CT molecular complexity index is 845. The van der Waals surface area contributed by atoms with Crippen LogP contribution in [0.1, 0.15) is 18.4 Å². The van der Waals surface area contributed by atoms with Gasteiger partial charge in [-0.05, 0) is 56.0 Å². The highest BCUT2D eigenvalue weighted by Crippen LogP contribution is 2.30. The summed E-state index contributed by atoms with van der Waals surface area (Å²) in [7, 11) is 0. The van der Waals surface area contributed by atoms with E-state index in [1.807, 2.05) is 0 Å². The van der Waals surface area contributed by atoms with E-state index in [1.165, 1.54) is 5.56 Å². The molecule has 146 valence electrons. The minimum absolute atomic E-state index is 0.00231. The van der Waals surface area contributed by atoms with Crippen LogP contribution in [0.5, 0.6) is 5.75 Å². The van der Waals surface area contributed by atoms with E-state index in [4.69, 9.17) is 4.74 Å². The number of ether oxygens (including phenoxy) is 1. The Hall–Kier alpha value is -2.86. The first kappa shape index (κ1) is 18.5. The van der Waals surface area contributed by atoms with Gasteiger partial charge >= 0.3 is 0 Å². The van der Waals surface area contributed by atoms with Crippen molar-refractivity contribution in [1.29, 1.82) is 0 Å². The first-order valence-corrected chi connectivity index (χ1v) is 9.78. The fourth-order valence-electron chi connectivity index (χ4n) is 3.85. The lowest BCUT2D eigenvalue weighted by molar-refractivity contribution is -0.119. The lowest BCUT2D eigenvalue weighted by Crippen LogP contribution is -2.39. The summed E-state index contributed by atoms with van der Waals surface area (Å²) in [6, 6.07) is 15.9. The molecule has 0 aromatic heterocycles. The molecule has 0 atom stereocenters. The summed E-state index contributed by atoms with van der Waals surface area (Å²) in [5.74, 6) is 1.08. The number of nitrogens with zero attached hydrogens (tertiary/aromatic N) is 1. The van der Waals surface area contributed by atoms with Crippen LogP contribution >= 0.6 is 0 Å². The zero-order chi connectivity index (χ0) is 19.3. The van der Waals surface area contributed by atoms with Crippen molar-refractivity contribution in [2.75, 3.05) is 36.9 Å². The molecule has 2 aliphatic rings. The maximum atomic E-state index is 12.4. The van der Waals surface area contributed by atoms with Crippen LogP contribution in [0.25, 0.3) is 0 Å². The predicted octanol–water partition coefficient (Wildman–Crippen LogP) is 2.91. The number of hydrogen-bond acceptors (Lipinski definition) is 4. The van der Waals surface area contributed by atoms with Gasteiger partial charge in [0.1, 0.15) is 5.75 Å². The van der Waals surface area contributed by atoms with Gasteiger partial charge in [-0.1, -0.05) is 30.3 Å². The third-order valence-corrected chi connectivity index (χ3v) is 5.34. The molecule has 2 N–H and O–H groups in total. The van der Waals surface area contributed by atoms with Crippen LogP contribution in [0.15, 0.2) is 48.5 Å². The molecule has 2 aliphatic heterocycles. The molecule has 6 nitrogen and oxygen atoms in total. The Kier molecular flexibility index (Phi) is 5.58. The number of fused-ring (bicyclic) bond motifs is 1. The zero-order valence-corrected chi connectivity index (χ0v) is 15.8. The molecular formula is C22H25N3O3. The van der Waals surface area contributed by atoms with Crippen LogP contribution < -0.4 is 15.4 Å². The highest BCUT2D eigenvalue weighted by Gasteiger charge is 2.21. The predicted molar refractivity (Wildman–Crippen MR) is 109 cm³/mol. The molecule has 0 spiro atoms. The van der Waals surface area contributed by atoms with Crippen LogP contribution in [-0.2, 0) is 16.0 Å². The largest absolute Gasteiger partial charge is 0.482 e. The summed E-state index contributed by atoms with van der Waals surface area (Å²) in [5.41, 5.74) is 2.71. The van der Waals surface area contributed by atoms with E-state index in [-0.39, 0.29) is 18.4 Å². The van der Waals surface area contributed by atoms with Gasteiger partial charge in [-0.3, -0.25) is 14.5 Å². The number of carbonyl (C=O) groups excluding carboxylic acids is 2. The van der Waals surface area contributed by atoms with Crippen molar-refractivity contribution in [2.24, 2.45) is 5.92 Å². The lowest BCUT2D eigenvalue weighted by Gasteiger charge is -2.31. The third kappa shape index (κ3) is 4.70. The maximum Gasteiger partial charge on any atom is 0.262 e. The Morgan fingerprint density at radius 2 is 1.93 bits per heavy atom.